The molecule has 1 aromatic heterocycles. The van der Waals surface area contributed by atoms with Crippen LogP contribution in [0.1, 0.15) is 50.3 Å². The Kier molecular flexibility index (Phi) is 6.06. The molecule has 2 rings (SSSR count). The average Bonchev–Trinajstić information content (AvgIpc) is 3.11. The van der Waals surface area contributed by atoms with Crippen LogP contribution in [0.4, 0.5) is 0 Å². The lowest BCUT2D eigenvalue weighted by Crippen LogP contribution is -2.21. The molecule has 1 saturated carbocycles. The normalized spacial score (nSPS) is 17.6. The van der Waals surface area contributed by atoms with Crippen LogP contribution in [-0.2, 0) is 6.54 Å². The summed E-state index contributed by atoms with van der Waals surface area (Å²) in [6.45, 7) is 1.67. The van der Waals surface area contributed by atoms with Gasteiger partial charge in [0, 0.05) is 6.54 Å². The highest BCUT2D eigenvalue weighted by molar-refractivity contribution is 5.27. The number of methoxy groups -OCH3 is 1. The Bertz CT molecular complexity index is 425. The summed E-state index contributed by atoms with van der Waals surface area (Å²) in [7, 11) is 5.72. The fourth-order valence-corrected chi connectivity index (χ4v) is 3.17. The summed E-state index contributed by atoms with van der Waals surface area (Å²) >= 11 is 0. The van der Waals surface area contributed by atoms with Crippen molar-refractivity contribution in [2.45, 2.75) is 51.2 Å². The van der Waals surface area contributed by atoms with Gasteiger partial charge in [0.15, 0.2) is 5.75 Å². The van der Waals surface area contributed by atoms with Crippen LogP contribution in [-0.4, -0.2) is 47.5 Å². The maximum absolute atomic E-state index is 10.6. The van der Waals surface area contributed by atoms with Gasteiger partial charge in [-0.3, -0.25) is 4.68 Å². The van der Waals surface area contributed by atoms with Crippen molar-refractivity contribution in [3.8, 4) is 5.75 Å². The minimum absolute atomic E-state index is 0.481. The van der Waals surface area contributed by atoms with Gasteiger partial charge in [0.1, 0.15) is 5.69 Å². The van der Waals surface area contributed by atoms with E-state index in [0.29, 0.717) is 5.75 Å². The zero-order chi connectivity index (χ0) is 15.2. The highest BCUT2D eigenvalue weighted by Gasteiger charge is 2.22. The molecule has 1 atom stereocenters. The Morgan fingerprint density at radius 2 is 2.14 bits per heavy atom. The molecule has 0 aromatic carbocycles. The summed E-state index contributed by atoms with van der Waals surface area (Å²) in [4.78, 5) is 2.11. The van der Waals surface area contributed by atoms with Crippen molar-refractivity contribution in [1.29, 1.82) is 0 Å². The molecule has 1 heterocycles. The fourth-order valence-electron chi connectivity index (χ4n) is 3.17. The third-order valence-electron chi connectivity index (χ3n) is 4.46. The standard InChI is InChI=1S/C16H29N3O2/c1-18(2)10-11-19-16(15(21-3)12-17-19)14(20)9-8-13-6-4-5-7-13/h12-14,20H,4-11H2,1-3H3. The lowest BCUT2D eigenvalue weighted by molar-refractivity contribution is 0.141. The molecule has 1 fully saturated rings. The zero-order valence-corrected chi connectivity index (χ0v) is 13.6. The van der Waals surface area contributed by atoms with Crippen LogP contribution in [0.2, 0.25) is 0 Å². The Labute approximate surface area is 127 Å². The van der Waals surface area contributed by atoms with Crippen molar-refractivity contribution in [3.05, 3.63) is 11.9 Å². The lowest BCUT2D eigenvalue weighted by Gasteiger charge is -2.18. The second-order valence-electron chi connectivity index (χ2n) is 6.37. The molecule has 0 radical (unpaired) electrons. The van der Waals surface area contributed by atoms with Crippen molar-refractivity contribution < 1.29 is 9.84 Å². The SMILES string of the molecule is COc1cnn(CCN(C)C)c1C(O)CCC1CCCC1. The third kappa shape index (κ3) is 4.45. The molecule has 1 unspecified atom stereocenters. The number of hydrogen-bond acceptors (Lipinski definition) is 4. The molecule has 1 aliphatic carbocycles. The number of hydrogen-bond donors (Lipinski definition) is 1. The summed E-state index contributed by atoms with van der Waals surface area (Å²) in [6.07, 6.45) is 8.48. The Morgan fingerprint density at radius 3 is 2.76 bits per heavy atom. The maximum Gasteiger partial charge on any atom is 0.162 e. The van der Waals surface area contributed by atoms with Gasteiger partial charge < -0.3 is 14.7 Å². The summed E-state index contributed by atoms with van der Waals surface area (Å²) in [5, 5.41) is 14.9. The fraction of sp³-hybridized carbons (Fsp3) is 0.812. The van der Waals surface area contributed by atoms with Gasteiger partial charge >= 0.3 is 0 Å². The summed E-state index contributed by atoms with van der Waals surface area (Å²) < 4.78 is 7.26. The summed E-state index contributed by atoms with van der Waals surface area (Å²) in [5.41, 5.74) is 0.831. The molecule has 1 aromatic rings. The third-order valence-corrected chi connectivity index (χ3v) is 4.46. The van der Waals surface area contributed by atoms with Crippen molar-refractivity contribution in [3.63, 3.8) is 0 Å². The summed E-state index contributed by atoms with van der Waals surface area (Å²) in [5.74, 6) is 1.50. The van der Waals surface area contributed by atoms with E-state index in [1.165, 1.54) is 25.7 Å². The van der Waals surface area contributed by atoms with E-state index in [4.69, 9.17) is 4.74 Å². The van der Waals surface area contributed by atoms with Crippen molar-refractivity contribution >= 4 is 0 Å². The van der Waals surface area contributed by atoms with E-state index < -0.39 is 6.10 Å². The van der Waals surface area contributed by atoms with Gasteiger partial charge in [0.2, 0.25) is 0 Å². The average molecular weight is 295 g/mol. The van der Waals surface area contributed by atoms with Crippen molar-refractivity contribution in [2.75, 3.05) is 27.7 Å². The van der Waals surface area contributed by atoms with Gasteiger partial charge in [-0.1, -0.05) is 25.7 Å². The molecule has 0 spiro atoms. The minimum atomic E-state index is -0.481. The molecule has 1 aliphatic rings. The predicted octanol–water partition coefficient (Wildman–Crippen LogP) is 2.46. The molecular weight excluding hydrogens is 266 g/mol. The molecule has 5 heteroatoms. The molecule has 0 aliphatic heterocycles. The molecule has 1 N–H and O–H groups in total. The Balaban J connectivity index is 1.98. The van der Waals surface area contributed by atoms with E-state index in [1.807, 2.05) is 18.8 Å². The van der Waals surface area contributed by atoms with E-state index in [1.54, 1.807) is 13.3 Å². The molecule has 0 amide bonds. The number of ether oxygens (including phenoxy) is 1. The van der Waals surface area contributed by atoms with Gasteiger partial charge in [-0.15, -0.1) is 0 Å². The second kappa shape index (κ2) is 7.80. The van der Waals surface area contributed by atoms with E-state index in [9.17, 15) is 5.11 Å². The van der Waals surface area contributed by atoms with Crippen molar-refractivity contribution in [1.82, 2.24) is 14.7 Å². The number of aliphatic hydroxyl groups excluding tert-OH is 1. The molecule has 5 nitrogen and oxygen atoms in total. The summed E-state index contributed by atoms with van der Waals surface area (Å²) in [6, 6.07) is 0. The first-order chi connectivity index (χ1) is 10.1. The maximum atomic E-state index is 10.6. The predicted molar refractivity (Wildman–Crippen MR) is 83.5 cm³/mol. The monoisotopic (exact) mass is 295 g/mol. The lowest BCUT2D eigenvalue weighted by atomic mass is 9.98. The van der Waals surface area contributed by atoms with Crippen LogP contribution < -0.4 is 4.74 Å². The highest BCUT2D eigenvalue weighted by Crippen LogP contribution is 2.33. The number of nitrogens with zero attached hydrogens (tertiary/aromatic N) is 3. The second-order valence-corrected chi connectivity index (χ2v) is 6.37. The molecule has 120 valence electrons. The van der Waals surface area contributed by atoms with Gasteiger partial charge in [-0.25, -0.2) is 0 Å². The quantitative estimate of drug-likeness (QED) is 0.800. The van der Waals surface area contributed by atoms with E-state index in [2.05, 4.69) is 10.00 Å². The number of aromatic nitrogens is 2. The number of rotatable bonds is 8. The first-order valence-electron chi connectivity index (χ1n) is 8.04. The van der Waals surface area contributed by atoms with Crippen LogP contribution in [0.25, 0.3) is 0 Å². The first-order valence-corrected chi connectivity index (χ1v) is 8.04. The van der Waals surface area contributed by atoms with Gasteiger partial charge in [-0.2, -0.15) is 5.10 Å². The van der Waals surface area contributed by atoms with Crippen molar-refractivity contribution in [2.24, 2.45) is 5.92 Å². The first kappa shape index (κ1) is 16.3. The molecule has 0 saturated heterocycles. The van der Waals surface area contributed by atoms with Crippen LogP contribution >= 0.6 is 0 Å². The van der Waals surface area contributed by atoms with Crippen LogP contribution in [0.15, 0.2) is 6.20 Å². The van der Waals surface area contributed by atoms with E-state index >= 15 is 0 Å². The van der Waals surface area contributed by atoms with Gasteiger partial charge in [0.05, 0.1) is 26.0 Å². The zero-order valence-electron chi connectivity index (χ0n) is 13.6. The van der Waals surface area contributed by atoms with Gasteiger partial charge in [0.25, 0.3) is 0 Å². The molecule has 0 bridgehead atoms. The Morgan fingerprint density at radius 1 is 1.43 bits per heavy atom. The van der Waals surface area contributed by atoms with Crippen LogP contribution in [0.3, 0.4) is 0 Å². The number of likely N-dealkylation sites (N-methyl/N-ethyl adjacent to an activating group) is 1. The van der Waals surface area contributed by atoms with Crippen LogP contribution in [0.5, 0.6) is 5.75 Å². The van der Waals surface area contributed by atoms with Crippen LogP contribution in [0, 0.1) is 5.92 Å². The Hall–Kier alpha value is -1.07. The molecular formula is C16H29N3O2. The largest absolute Gasteiger partial charge is 0.493 e. The number of aliphatic hydroxyl groups is 1. The topological polar surface area (TPSA) is 50.5 Å². The van der Waals surface area contributed by atoms with Gasteiger partial charge in [-0.05, 0) is 32.9 Å². The highest BCUT2D eigenvalue weighted by atomic mass is 16.5. The van der Waals surface area contributed by atoms with E-state index in [0.717, 1.165) is 37.5 Å². The van der Waals surface area contributed by atoms with E-state index in [-0.39, 0.29) is 0 Å². The minimum Gasteiger partial charge on any atom is -0.493 e. The smallest absolute Gasteiger partial charge is 0.162 e. The molecule has 21 heavy (non-hydrogen) atoms.